The van der Waals surface area contributed by atoms with Crippen LogP contribution < -0.4 is 11.1 Å². The molecule has 1 atom stereocenters. The van der Waals surface area contributed by atoms with Crippen LogP contribution >= 0.6 is 0 Å². The fourth-order valence-corrected chi connectivity index (χ4v) is 1.49. The molecule has 0 bridgehead atoms. The van der Waals surface area contributed by atoms with Gasteiger partial charge in [-0.05, 0) is 44.5 Å². The second-order valence-corrected chi connectivity index (χ2v) is 4.36. The first-order valence-corrected chi connectivity index (χ1v) is 6.35. The van der Waals surface area contributed by atoms with E-state index in [1.54, 1.807) is 31.2 Å². The predicted molar refractivity (Wildman–Crippen MR) is 73.9 cm³/mol. The first-order valence-electron chi connectivity index (χ1n) is 6.35. The van der Waals surface area contributed by atoms with E-state index in [4.69, 9.17) is 10.5 Å². The van der Waals surface area contributed by atoms with Crippen LogP contribution in [-0.2, 0) is 9.53 Å². The van der Waals surface area contributed by atoms with Crippen molar-refractivity contribution in [2.75, 3.05) is 11.9 Å². The molecule has 1 amide bonds. The van der Waals surface area contributed by atoms with E-state index >= 15 is 0 Å². The number of hydrogen-bond acceptors (Lipinski definition) is 4. The number of anilines is 1. The van der Waals surface area contributed by atoms with Crippen LogP contribution in [0.2, 0.25) is 0 Å². The second-order valence-electron chi connectivity index (χ2n) is 4.36. The Bertz CT molecular complexity index is 427. The van der Waals surface area contributed by atoms with Crippen molar-refractivity contribution in [1.82, 2.24) is 0 Å². The highest BCUT2D eigenvalue weighted by Gasteiger charge is 2.07. The van der Waals surface area contributed by atoms with Crippen molar-refractivity contribution >= 4 is 17.6 Å². The zero-order valence-electron chi connectivity index (χ0n) is 11.3. The van der Waals surface area contributed by atoms with Gasteiger partial charge in [-0.25, -0.2) is 4.79 Å². The Morgan fingerprint density at radius 2 is 1.95 bits per heavy atom. The standard InChI is InChI=1S/C14H20N2O3/c1-3-19-14(18)11-5-7-12(8-6-11)16-13(17)9-4-10(2)15/h5-8,10H,3-4,9,15H2,1-2H3,(H,16,17). The number of amides is 1. The molecule has 0 heterocycles. The van der Waals surface area contributed by atoms with Crippen molar-refractivity contribution < 1.29 is 14.3 Å². The first-order chi connectivity index (χ1) is 9.02. The summed E-state index contributed by atoms with van der Waals surface area (Å²) < 4.78 is 4.87. The molecule has 3 N–H and O–H groups in total. The molecule has 0 aliphatic heterocycles. The van der Waals surface area contributed by atoms with Crippen molar-refractivity contribution in [2.45, 2.75) is 32.7 Å². The highest BCUT2D eigenvalue weighted by Crippen LogP contribution is 2.11. The number of nitrogens with two attached hydrogens (primary N) is 1. The van der Waals surface area contributed by atoms with Crippen LogP contribution in [0.15, 0.2) is 24.3 Å². The summed E-state index contributed by atoms with van der Waals surface area (Å²) in [5.74, 6) is -0.446. The minimum atomic E-state index is -0.364. The lowest BCUT2D eigenvalue weighted by Crippen LogP contribution is -2.19. The SMILES string of the molecule is CCOC(=O)c1ccc(NC(=O)CCC(C)N)cc1. The van der Waals surface area contributed by atoms with Crippen LogP contribution in [0.1, 0.15) is 37.0 Å². The molecule has 19 heavy (non-hydrogen) atoms. The molecule has 0 aliphatic rings. The van der Waals surface area contributed by atoms with Crippen molar-refractivity contribution in [2.24, 2.45) is 5.73 Å². The van der Waals surface area contributed by atoms with Crippen LogP contribution in [0.3, 0.4) is 0 Å². The van der Waals surface area contributed by atoms with Gasteiger partial charge in [-0.2, -0.15) is 0 Å². The van der Waals surface area contributed by atoms with Crippen molar-refractivity contribution in [3.63, 3.8) is 0 Å². The van der Waals surface area contributed by atoms with E-state index in [-0.39, 0.29) is 17.9 Å². The summed E-state index contributed by atoms with van der Waals surface area (Å²) in [4.78, 5) is 23.0. The number of esters is 1. The molecular formula is C14H20N2O3. The molecule has 1 unspecified atom stereocenters. The summed E-state index contributed by atoms with van der Waals surface area (Å²) in [6.45, 7) is 3.96. The Kier molecular flexibility index (Phi) is 6.02. The van der Waals surface area contributed by atoms with E-state index in [2.05, 4.69) is 5.32 Å². The lowest BCUT2D eigenvalue weighted by atomic mass is 10.1. The van der Waals surface area contributed by atoms with Crippen LogP contribution in [-0.4, -0.2) is 24.5 Å². The van der Waals surface area contributed by atoms with Gasteiger partial charge in [0.25, 0.3) is 0 Å². The Morgan fingerprint density at radius 3 is 2.47 bits per heavy atom. The zero-order chi connectivity index (χ0) is 14.3. The predicted octanol–water partition coefficient (Wildman–Crippen LogP) is 1.93. The summed E-state index contributed by atoms with van der Waals surface area (Å²) in [7, 11) is 0. The van der Waals surface area contributed by atoms with Gasteiger partial charge < -0.3 is 15.8 Å². The first kappa shape index (κ1) is 15.2. The van der Waals surface area contributed by atoms with Gasteiger partial charge in [0.1, 0.15) is 0 Å². The topological polar surface area (TPSA) is 81.4 Å². The van der Waals surface area contributed by atoms with E-state index in [1.807, 2.05) is 6.92 Å². The lowest BCUT2D eigenvalue weighted by molar-refractivity contribution is -0.116. The van der Waals surface area contributed by atoms with Gasteiger partial charge >= 0.3 is 5.97 Å². The number of rotatable bonds is 6. The van der Waals surface area contributed by atoms with Crippen molar-refractivity contribution in [3.8, 4) is 0 Å². The highest BCUT2D eigenvalue weighted by atomic mass is 16.5. The number of carbonyl (C=O) groups is 2. The summed E-state index contributed by atoms with van der Waals surface area (Å²) in [6, 6.07) is 6.61. The van der Waals surface area contributed by atoms with Gasteiger partial charge in [0.05, 0.1) is 12.2 Å². The van der Waals surface area contributed by atoms with E-state index in [9.17, 15) is 9.59 Å². The molecular weight excluding hydrogens is 244 g/mol. The minimum absolute atomic E-state index is 0.0111. The molecule has 1 aromatic carbocycles. The van der Waals surface area contributed by atoms with Crippen LogP contribution in [0.5, 0.6) is 0 Å². The van der Waals surface area contributed by atoms with Gasteiger partial charge in [-0.15, -0.1) is 0 Å². The Labute approximate surface area is 113 Å². The van der Waals surface area contributed by atoms with E-state index in [0.29, 0.717) is 30.7 Å². The molecule has 0 aliphatic carbocycles. The van der Waals surface area contributed by atoms with Crippen molar-refractivity contribution in [3.05, 3.63) is 29.8 Å². The third kappa shape index (κ3) is 5.52. The molecule has 0 fully saturated rings. The maximum Gasteiger partial charge on any atom is 0.338 e. The van der Waals surface area contributed by atoms with Crippen LogP contribution in [0, 0.1) is 0 Å². The summed E-state index contributed by atoms with van der Waals surface area (Å²) in [5, 5.41) is 2.75. The normalized spacial score (nSPS) is 11.7. The van der Waals surface area contributed by atoms with Gasteiger partial charge in [-0.3, -0.25) is 4.79 Å². The molecule has 0 aromatic heterocycles. The number of benzene rings is 1. The van der Waals surface area contributed by atoms with Crippen LogP contribution in [0.25, 0.3) is 0 Å². The molecule has 0 saturated carbocycles. The van der Waals surface area contributed by atoms with Crippen LogP contribution in [0.4, 0.5) is 5.69 Å². The molecule has 0 spiro atoms. The Hall–Kier alpha value is -1.88. The molecule has 5 nitrogen and oxygen atoms in total. The Balaban J connectivity index is 2.52. The van der Waals surface area contributed by atoms with E-state index in [1.165, 1.54) is 0 Å². The lowest BCUT2D eigenvalue weighted by Gasteiger charge is -2.07. The smallest absolute Gasteiger partial charge is 0.338 e. The number of carbonyl (C=O) groups excluding carboxylic acids is 2. The second kappa shape index (κ2) is 7.53. The molecule has 0 radical (unpaired) electrons. The summed E-state index contributed by atoms with van der Waals surface area (Å²) in [5.41, 5.74) is 6.71. The molecule has 0 saturated heterocycles. The monoisotopic (exact) mass is 264 g/mol. The number of hydrogen-bond donors (Lipinski definition) is 2. The fraction of sp³-hybridized carbons (Fsp3) is 0.429. The summed E-state index contributed by atoms with van der Waals surface area (Å²) in [6.07, 6.45) is 1.03. The largest absolute Gasteiger partial charge is 0.462 e. The highest BCUT2D eigenvalue weighted by molar-refractivity contribution is 5.93. The average molecular weight is 264 g/mol. The number of nitrogens with one attached hydrogen (secondary N) is 1. The minimum Gasteiger partial charge on any atom is -0.462 e. The maximum absolute atomic E-state index is 11.6. The van der Waals surface area contributed by atoms with Gasteiger partial charge in [0, 0.05) is 18.2 Å². The molecule has 104 valence electrons. The van der Waals surface area contributed by atoms with Gasteiger partial charge in [0.15, 0.2) is 0 Å². The van der Waals surface area contributed by atoms with Gasteiger partial charge in [0.2, 0.25) is 5.91 Å². The Morgan fingerprint density at radius 1 is 1.32 bits per heavy atom. The number of ether oxygens (including phenoxy) is 1. The van der Waals surface area contributed by atoms with Crippen molar-refractivity contribution in [1.29, 1.82) is 0 Å². The third-order valence-electron chi connectivity index (χ3n) is 2.51. The van der Waals surface area contributed by atoms with E-state index in [0.717, 1.165) is 0 Å². The maximum atomic E-state index is 11.6. The fourth-order valence-electron chi connectivity index (χ4n) is 1.49. The van der Waals surface area contributed by atoms with Gasteiger partial charge in [-0.1, -0.05) is 0 Å². The zero-order valence-corrected chi connectivity index (χ0v) is 11.3. The molecule has 1 rings (SSSR count). The van der Waals surface area contributed by atoms with E-state index < -0.39 is 0 Å². The summed E-state index contributed by atoms with van der Waals surface area (Å²) >= 11 is 0. The molecule has 1 aromatic rings. The quantitative estimate of drug-likeness (QED) is 0.769. The third-order valence-corrected chi connectivity index (χ3v) is 2.51. The average Bonchev–Trinajstić information content (AvgIpc) is 2.37. The molecule has 5 heteroatoms.